The van der Waals surface area contributed by atoms with Gasteiger partial charge in [-0.25, -0.2) is 0 Å². The lowest BCUT2D eigenvalue weighted by Crippen LogP contribution is -2.68. The van der Waals surface area contributed by atoms with Crippen molar-refractivity contribution in [1.82, 2.24) is 14.2 Å². The zero-order valence-corrected chi connectivity index (χ0v) is 17.4. The van der Waals surface area contributed by atoms with Crippen molar-refractivity contribution in [3.8, 4) is 0 Å². The lowest BCUT2D eigenvalue weighted by atomic mass is 9.65. The molecule has 3 aliphatic carbocycles. The Hall–Kier alpha value is 0.0748. The van der Waals surface area contributed by atoms with Gasteiger partial charge in [0.2, 0.25) is 0 Å². The highest BCUT2D eigenvalue weighted by Crippen LogP contribution is 2.33. The molecule has 2 unspecified atom stereocenters. The summed E-state index contributed by atoms with van der Waals surface area (Å²) in [6.45, 7) is 2.44. The second kappa shape index (κ2) is 9.52. The van der Waals surface area contributed by atoms with Crippen molar-refractivity contribution in [1.29, 1.82) is 0 Å². The van der Waals surface area contributed by atoms with Crippen LogP contribution in [-0.4, -0.2) is 54.9 Å². The molecule has 0 amide bonds. The fourth-order valence-corrected chi connectivity index (χ4v) is 6.54. The summed E-state index contributed by atoms with van der Waals surface area (Å²) in [6, 6.07) is 2.58. The molecule has 144 valence electrons. The summed E-state index contributed by atoms with van der Waals surface area (Å²) in [4.78, 5) is 0. The Labute approximate surface area is 164 Å². The standard InChI is InChI=1S/C20H40B3N3/c1-2-17-11-9-10-16-20(17)26-22-24(18-12-5-3-6-13-18)21-25(23-26)19-14-7-4-8-15-19/h17-23H,2-16H2,1H3. The first-order valence-electron chi connectivity index (χ1n) is 12.1. The number of rotatable bonds is 4. The molecular formula is C20H40B3N3. The Kier molecular flexibility index (Phi) is 7.10. The second-order valence-corrected chi connectivity index (χ2v) is 9.79. The summed E-state index contributed by atoms with van der Waals surface area (Å²) < 4.78 is 8.73. The van der Waals surface area contributed by atoms with Crippen LogP contribution >= 0.6 is 0 Å². The molecule has 6 heteroatoms. The predicted octanol–water partition coefficient (Wildman–Crippen LogP) is 3.34. The van der Waals surface area contributed by atoms with Gasteiger partial charge in [0, 0.05) is 0 Å². The topological polar surface area (TPSA) is 9.72 Å². The van der Waals surface area contributed by atoms with Crippen LogP contribution < -0.4 is 0 Å². The van der Waals surface area contributed by atoms with Crippen molar-refractivity contribution < 1.29 is 0 Å². The van der Waals surface area contributed by atoms with Gasteiger partial charge in [0.15, 0.2) is 0 Å². The van der Waals surface area contributed by atoms with E-state index in [4.69, 9.17) is 0 Å². The molecule has 2 atom stereocenters. The maximum atomic E-state index is 2.93. The summed E-state index contributed by atoms with van der Waals surface area (Å²) in [5.74, 6) is 0.947. The quantitative estimate of drug-likeness (QED) is 0.717. The van der Waals surface area contributed by atoms with Crippen LogP contribution in [0.2, 0.25) is 0 Å². The Balaban J connectivity index is 1.48. The minimum absolute atomic E-state index is 0.853. The zero-order chi connectivity index (χ0) is 17.8. The van der Waals surface area contributed by atoms with Gasteiger partial charge < -0.3 is 14.2 Å². The van der Waals surface area contributed by atoms with Gasteiger partial charge in [-0.3, -0.25) is 0 Å². The molecule has 0 aromatic carbocycles. The molecule has 4 fully saturated rings. The van der Waals surface area contributed by atoms with Crippen molar-refractivity contribution in [3.05, 3.63) is 0 Å². The minimum Gasteiger partial charge on any atom is -0.361 e. The molecule has 0 N–H and O–H groups in total. The van der Waals surface area contributed by atoms with Crippen LogP contribution in [0.3, 0.4) is 0 Å². The molecule has 1 saturated heterocycles. The highest BCUT2D eigenvalue weighted by atomic mass is 15.3. The molecule has 1 aliphatic heterocycles. The predicted molar refractivity (Wildman–Crippen MR) is 117 cm³/mol. The van der Waals surface area contributed by atoms with Crippen LogP contribution in [0.25, 0.3) is 0 Å². The summed E-state index contributed by atoms with van der Waals surface area (Å²) in [5.41, 5.74) is 0. The zero-order valence-electron chi connectivity index (χ0n) is 17.4. The van der Waals surface area contributed by atoms with Crippen LogP contribution in [0.1, 0.15) is 103 Å². The number of nitrogens with zero attached hydrogens (tertiary/aromatic N) is 3. The van der Waals surface area contributed by atoms with Gasteiger partial charge in [-0.1, -0.05) is 64.7 Å². The van der Waals surface area contributed by atoms with E-state index in [1.165, 1.54) is 119 Å². The average molecular weight is 355 g/mol. The summed E-state index contributed by atoms with van der Waals surface area (Å²) in [5, 5.41) is 0. The van der Waals surface area contributed by atoms with E-state index in [9.17, 15) is 0 Å². The first-order valence-corrected chi connectivity index (χ1v) is 12.1. The van der Waals surface area contributed by atoms with Crippen molar-refractivity contribution >= 4 is 22.6 Å². The average Bonchev–Trinajstić information content (AvgIpc) is 2.74. The summed E-state index contributed by atoms with van der Waals surface area (Å²) in [6.07, 6.45) is 21.9. The van der Waals surface area contributed by atoms with Crippen LogP contribution in [0.4, 0.5) is 0 Å². The molecule has 26 heavy (non-hydrogen) atoms. The molecule has 0 aromatic rings. The van der Waals surface area contributed by atoms with Gasteiger partial charge in [-0.05, 0) is 62.6 Å². The van der Waals surface area contributed by atoms with Gasteiger partial charge in [-0.15, -0.1) is 0 Å². The maximum absolute atomic E-state index is 2.93. The van der Waals surface area contributed by atoms with E-state index in [1.54, 1.807) is 0 Å². The van der Waals surface area contributed by atoms with Crippen LogP contribution in [-0.2, 0) is 0 Å². The molecule has 4 rings (SSSR count). The van der Waals surface area contributed by atoms with Gasteiger partial charge in [0.05, 0.1) is 0 Å². The van der Waals surface area contributed by atoms with Crippen LogP contribution in [0.15, 0.2) is 0 Å². The second-order valence-electron chi connectivity index (χ2n) is 9.79. The third kappa shape index (κ3) is 4.55. The molecule has 0 aromatic heterocycles. The molecule has 3 nitrogen and oxygen atoms in total. The van der Waals surface area contributed by atoms with Gasteiger partial charge >= 0.3 is 0 Å². The fraction of sp³-hybridized carbons (Fsp3) is 1.00. The van der Waals surface area contributed by atoms with E-state index in [-0.39, 0.29) is 0 Å². The first-order chi connectivity index (χ1) is 12.8. The first kappa shape index (κ1) is 19.4. The van der Waals surface area contributed by atoms with Gasteiger partial charge in [0.25, 0.3) is 22.6 Å². The highest BCUT2D eigenvalue weighted by molar-refractivity contribution is 6.65. The number of hydrogen-bond donors (Lipinski definition) is 0. The van der Waals surface area contributed by atoms with Crippen molar-refractivity contribution in [3.63, 3.8) is 0 Å². The van der Waals surface area contributed by atoms with Crippen molar-refractivity contribution in [2.75, 3.05) is 0 Å². The molecular weight excluding hydrogens is 315 g/mol. The fourth-order valence-electron chi connectivity index (χ4n) is 6.54. The van der Waals surface area contributed by atoms with Crippen LogP contribution in [0, 0.1) is 5.92 Å². The third-order valence-corrected chi connectivity index (χ3v) is 8.13. The molecule has 0 spiro atoms. The molecule has 3 saturated carbocycles. The maximum Gasteiger partial charge on any atom is 0.271 e. The van der Waals surface area contributed by atoms with E-state index in [2.05, 4.69) is 21.1 Å². The number of hydrogen-bond acceptors (Lipinski definition) is 3. The van der Waals surface area contributed by atoms with Crippen LogP contribution in [0.5, 0.6) is 0 Å². The lowest BCUT2D eigenvalue weighted by molar-refractivity contribution is 0.201. The van der Waals surface area contributed by atoms with E-state index in [1.807, 2.05) is 0 Å². The largest absolute Gasteiger partial charge is 0.361 e. The Morgan fingerprint density at radius 1 is 0.577 bits per heavy atom. The summed E-state index contributed by atoms with van der Waals surface area (Å²) in [7, 11) is 3.78. The normalized spacial score (nSPS) is 34.0. The monoisotopic (exact) mass is 355 g/mol. The van der Waals surface area contributed by atoms with E-state index < -0.39 is 0 Å². The molecule has 4 aliphatic rings. The van der Waals surface area contributed by atoms with E-state index in [0.29, 0.717) is 0 Å². The Morgan fingerprint density at radius 2 is 1.04 bits per heavy atom. The molecule has 0 radical (unpaired) electrons. The van der Waals surface area contributed by atoms with E-state index in [0.717, 1.165) is 24.0 Å². The smallest absolute Gasteiger partial charge is 0.271 e. The van der Waals surface area contributed by atoms with Gasteiger partial charge in [0.1, 0.15) is 0 Å². The minimum atomic E-state index is 0.853. The van der Waals surface area contributed by atoms with Gasteiger partial charge in [-0.2, -0.15) is 0 Å². The Morgan fingerprint density at radius 3 is 1.58 bits per heavy atom. The van der Waals surface area contributed by atoms with Crippen molar-refractivity contribution in [2.45, 2.75) is 121 Å². The molecule has 1 heterocycles. The Bertz CT molecular complexity index is 401. The van der Waals surface area contributed by atoms with Crippen molar-refractivity contribution in [2.24, 2.45) is 5.92 Å². The third-order valence-electron chi connectivity index (χ3n) is 8.13. The lowest BCUT2D eigenvalue weighted by Gasteiger charge is -2.52. The molecule has 0 bridgehead atoms. The summed E-state index contributed by atoms with van der Waals surface area (Å²) >= 11 is 0. The van der Waals surface area contributed by atoms with E-state index >= 15 is 0 Å². The SMILES string of the molecule is CCC1CCCCC1N1BN(C2CCCCC2)BN(C2CCCCC2)B1. The highest BCUT2D eigenvalue weighted by Gasteiger charge is 2.40.